The van der Waals surface area contributed by atoms with Gasteiger partial charge in [0, 0.05) is 13.7 Å². The van der Waals surface area contributed by atoms with Gasteiger partial charge in [0.1, 0.15) is 0 Å². The normalized spacial score (nSPS) is 11.3. The molecule has 0 aliphatic rings. The third-order valence-corrected chi connectivity index (χ3v) is 5.90. The van der Waals surface area contributed by atoms with E-state index in [4.69, 9.17) is 5.84 Å². The third kappa shape index (κ3) is 6.18. The number of nitrogens with one attached hydrogen (secondary N) is 2. The average Bonchev–Trinajstić information content (AvgIpc) is 3.06. The number of carbonyl (C=O) groups is 1. The summed E-state index contributed by atoms with van der Waals surface area (Å²) < 4.78 is 3.36. The van der Waals surface area contributed by atoms with E-state index in [0.717, 1.165) is 25.0 Å². The SMILES string of the molecule is C/C(=N\Nc1nnc(SCC(=O)Nc2ccc(I)cc2)n1N)c1ccc(Br)cc1. The molecular weight excluding hydrogens is 569 g/mol. The Morgan fingerprint density at radius 3 is 2.59 bits per heavy atom. The molecule has 0 saturated heterocycles. The highest BCUT2D eigenvalue weighted by molar-refractivity contribution is 14.1. The first-order valence-corrected chi connectivity index (χ1v) is 11.2. The van der Waals surface area contributed by atoms with Gasteiger partial charge < -0.3 is 11.2 Å². The van der Waals surface area contributed by atoms with E-state index in [-0.39, 0.29) is 17.6 Å². The van der Waals surface area contributed by atoms with Crippen molar-refractivity contribution in [2.24, 2.45) is 5.10 Å². The van der Waals surface area contributed by atoms with E-state index in [1.165, 1.54) is 16.4 Å². The standard InChI is InChI=1S/C18H17BrIN7OS/c1-11(12-2-4-13(19)5-3-12)23-24-17-25-26-18(27(17)21)29-10-16(28)22-15-8-6-14(20)7-9-15/h2-9H,10,21H2,1H3,(H,22,28)(H,24,25)/b23-11+. The van der Waals surface area contributed by atoms with Crippen molar-refractivity contribution in [1.82, 2.24) is 14.9 Å². The Morgan fingerprint density at radius 2 is 1.90 bits per heavy atom. The Kier molecular flexibility index (Phi) is 7.50. The van der Waals surface area contributed by atoms with Crippen LogP contribution in [-0.4, -0.2) is 32.2 Å². The summed E-state index contributed by atoms with van der Waals surface area (Å²) in [5, 5.41) is 15.5. The molecule has 0 fully saturated rings. The van der Waals surface area contributed by atoms with E-state index in [1.54, 1.807) is 0 Å². The molecule has 8 nitrogen and oxygen atoms in total. The molecule has 3 rings (SSSR count). The van der Waals surface area contributed by atoms with Crippen molar-refractivity contribution in [3.63, 3.8) is 0 Å². The number of hydrogen-bond donors (Lipinski definition) is 3. The predicted molar refractivity (Wildman–Crippen MR) is 129 cm³/mol. The minimum Gasteiger partial charge on any atom is -0.334 e. The Hall–Kier alpha value is -2.12. The average molecular weight is 586 g/mol. The Labute approximate surface area is 194 Å². The number of anilines is 2. The van der Waals surface area contributed by atoms with E-state index in [0.29, 0.717) is 5.16 Å². The zero-order valence-electron chi connectivity index (χ0n) is 15.3. The van der Waals surface area contributed by atoms with Gasteiger partial charge >= 0.3 is 0 Å². The largest absolute Gasteiger partial charge is 0.334 e. The monoisotopic (exact) mass is 585 g/mol. The van der Waals surface area contributed by atoms with E-state index < -0.39 is 0 Å². The van der Waals surface area contributed by atoms with Crippen LogP contribution < -0.4 is 16.6 Å². The lowest BCUT2D eigenvalue weighted by Gasteiger charge is -2.06. The van der Waals surface area contributed by atoms with Crippen molar-refractivity contribution in [2.45, 2.75) is 12.1 Å². The van der Waals surface area contributed by atoms with Crippen LogP contribution in [0.4, 0.5) is 11.6 Å². The molecule has 0 aliphatic carbocycles. The molecule has 0 spiro atoms. The van der Waals surface area contributed by atoms with Gasteiger partial charge in [0.15, 0.2) is 0 Å². The summed E-state index contributed by atoms with van der Waals surface area (Å²) in [6.07, 6.45) is 0. The first-order valence-electron chi connectivity index (χ1n) is 8.37. The molecule has 3 aromatic rings. The van der Waals surface area contributed by atoms with E-state index in [9.17, 15) is 4.79 Å². The van der Waals surface area contributed by atoms with Gasteiger partial charge in [-0.15, -0.1) is 10.2 Å². The Morgan fingerprint density at radius 1 is 1.21 bits per heavy atom. The van der Waals surface area contributed by atoms with Crippen molar-refractivity contribution < 1.29 is 4.79 Å². The molecule has 150 valence electrons. The molecule has 0 radical (unpaired) electrons. The van der Waals surface area contributed by atoms with E-state index in [1.807, 2.05) is 55.5 Å². The number of hydrogen-bond acceptors (Lipinski definition) is 7. The quantitative estimate of drug-likeness (QED) is 0.127. The van der Waals surface area contributed by atoms with Crippen molar-refractivity contribution in [3.05, 3.63) is 62.1 Å². The van der Waals surface area contributed by atoms with Crippen molar-refractivity contribution in [3.8, 4) is 0 Å². The minimum atomic E-state index is -0.155. The zero-order valence-corrected chi connectivity index (χ0v) is 19.8. The van der Waals surface area contributed by atoms with Crippen LogP contribution >= 0.6 is 50.3 Å². The number of halogens is 2. The summed E-state index contributed by atoms with van der Waals surface area (Å²) >= 11 is 6.80. The van der Waals surface area contributed by atoms with Gasteiger partial charge in [-0.05, 0) is 71.5 Å². The highest BCUT2D eigenvalue weighted by atomic mass is 127. The number of hydrazone groups is 1. The summed E-state index contributed by atoms with van der Waals surface area (Å²) in [6.45, 7) is 1.87. The summed E-state index contributed by atoms with van der Waals surface area (Å²) in [4.78, 5) is 12.1. The van der Waals surface area contributed by atoms with E-state index >= 15 is 0 Å². The molecule has 0 aliphatic heterocycles. The number of nitrogen functional groups attached to an aromatic ring is 1. The molecule has 0 atom stereocenters. The molecule has 1 heterocycles. The van der Waals surface area contributed by atoms with Gasteiger partial charge in [-0.25, -0.2) is 10.1 Å². The van der Waals surface area contributed by atoms with Crippen LogP contribution in [0.1, 0.15) is 12.5 Å². The first-order chi connectivity index (χ1) is 13.9. The lowest BCUT2D eigenvalue weighted by molar-refractivity contribution is -0.113. The van der Waals surface area contributed by atoms with Gasteiger partial charge in [0.05, 0.1) is 11.5 Å². The molecule has 0 saturated carbocycles. The number of aromatic nitrogens is 3. The fourth-order valence-corrected chi connectivity index (χ4v) is 3.48. The first kappa shape index (κ1) is 21.6. The number of rotatable bonds is 7. The number of carbonyl (C=O) groups excluding carboxylic acids is 1. The molecule has 4 N–H and O–H groups in total. The maximum atomic E-state index is 12.1. The van der Waals surface area contributed by atoms with Crippen LogP contribution in [0.15, 0.2) is 63.3 Å². The smallest absolute Gasteiger partial charge is 0.264 e. The highest BCUT2D eigenvalue weighted by Gasteiger charge is 2.12. The molecule has 1 amide bonds. The van der Waals surface area contributed by atoms with Crippen LogP contribution in [0, 0.1) is 3.57 Å². The predicted octanol–water partition coefficient (Wildman–Crippen LogP) is 3.93. The third-order valence-electron chi connectivity index (χ3n) is 3.71. The topological polar surface area (TPSA) is 110 Å². The molecule has 0 unspecified atom stereocenters. The van der Waals surface area contributed by atoms with Crippen molar-refractivity contribution >= 4 is 73.5 Å². The molecule has 1 aromatic heterocycles. The van der Waals surface area contributed by atoms with Gasteiger partial charge in [-0.3, -0.25) is 4.79 Å². The van der Waals surface area contributed by atoms with Crippen LogP contribution in [0.3, 0.4) is 0 Å². The second-order valence-corrected chi connectivity index (χ2v) is 8.94. The fraction of sp³-hybridized carbons (Fsp3) is 0.111. The van der Waals surface area contributed by atoms with Crippen LogP contribution in [0.25, 0.3) is 0 Å². The second kappa shape index (κ2) is 10.1. The number of nitrogens with zero attached hydrogens (tertiary/aromatic N) is 4. The molecule has 0 bridgehead atoms. The van der Waals surface area contributed by atoms with E-state index in [2.05, 4.69) is 64.6 Å². The van der Waals surface area contributed by atoms with Crippen LogP contribution in [0.2, 0.25) is 0 Å². The fourth-order valence-electron chi connectivity index (χ4n) is 2.20. The maximum absolute atomic E-state index is 12.1. The number of thioether (sulfide) groups is 1. The summed E-state index contributed by atoms with van der Waals surface area (Å²) in [6, 6.07) is 15.3. The second-order valence-electron chi connectivity index (χ2n) is 5.84. The van der Waals surface area contributed by atoms with Gasteiger partial charge in [-0.2, -0.15) is 5.10 Å². The van der Waals surface area contributed by atoms with Gasteiger partial charge in [0.2, 0.25) is 11.1 Å². The lowest BCUT2D eigenvalue weighted by atomic mass is 10.1. The lowest BCUT2D eigenvalue weighted by Crippen LogP contribution is -2.17. The molecule has 11 heteroatoms. The summed E-state index contributed by atoms with van der Waals surface area (Å²) in [5.41, 5.74) is 5.28. The van der Waals surface area contributed by atoms with Gasteiger partial charge in [-0.1, -0.05) is 39.8 Å². The summed E-state index contributed by atoms with van der Waals surface area (Å²) in [7, 11) is 0. The summed E-state index contributed by atoms with van der Waals surface area (Å²) in [5.74, 6) is 6.28. The zero-order chi connectivity index (χ0) is 20.8. The highest BCUT2D eigenvalue weighted by Crippen LogP contribution is 2.18. The van der Waals surface area contributed by atoms with Crippen molar-refractivity contribution in [2.75, 3.05) is 22.3 Å². The Bertz CT molecular complexity index is 1020. The Balaban J connectivity index is 1.56. The van der Waals surface area contributed by atoms with Crippen molar-refractivity contribution in [1.29, 1.82) is 0 Å². The van der Waals surface area contributed by atoms with Crippen LogP contribution in [-0.2, 0) is 4.79 Å². The van der Waals surface area contributed by atoms with Gasteiger partial charge in [0.25, 0.3) is 5.95 Å². The maximum Gasteiger partial charge on any atom is 0.264 e. The number of amides is 1. The van der Waals surface area contributed by atoms with Crippen LogP contribution in [0.5, 0.6) is 0 Å². The minimum absolute atomic E-state index is 0.155. The number of nitrogens with two attached hydrogens (primary N) is 1. The number of benzene rings is 2. The molecule has 2 aromatic carbocycles. The molecular formula is C18H17BrIN7OS. The molecule has 29 heavy (non-hydrogen) atoms.